The fraction of sp³-hybridized carbons (Fsp3) is 0.567. The van der Waals surface area contributed by atoms with E-state index in [1.54, 1.807) is 60.9 Å². The van der Waals surface area contributed by atoms with Crippen LogP contribution in [0, 0.1) is 11.3 Å². The number of likely N-dealkylation sites (N-methyl/N-ethyl adjacent to an activating group) is 1. The number of esters is 1. The molecule has 0 unspecified atom stereocenters. The van der Waals surface area contributed by atoms with E-state index in [9.17, 15) is 14.9 Å². The zero-order valence-electron chi connectivity index (χ0n) is 25.2. The quantitative estimate of drug-likeness (QED) is 0.0490. The highest BCUT2D eigenvalue weighted by Gasteiger charge is 2.21. The van der Waals surface area contributed by atoms with Crippen molar-refractivity contribution in [2.24, 2.45) is 0 Å². The number of hydrogen-bond donors (Lipinski definition) is 1. The molecule has 0 bridgehead atoms. The van der Waals surface area contributed by atoms with Crippen LogP contribution >= 0.6 is 45.6 Å². The molecule has 3 rings (SSSR count). The van der Waals surface area contributed by atoms with Crippen LogP contribution in [0.25, 0.3) is 24.9 Å². The van der Waals surface area contributed by atoms with E-state index >= 15 is 0 Å². The highest BCUT2D eigenvalue weighted by atomic mass is 35.5. The minimum atomic E-state index is -0.668. The molecule has 0 aliphatic heterocycles. The summed E-state index contributed by atoms with van der Waals surface area (Å²) in [6, 6.07) is 6.10. The first-order chi connectivity index (χ1) is 20.6. The lowest BCUT2D eigenvalue weighted by Crippen LogP contribution is -2.31. The lowest BCUT2D eigenvalue weighted by molar-refractivity contribution is -0.149. The maximum absolute atomic E-state index is 12.4. The van der Waals surface area contributed by atoms with Gasteiger partial charge in [-0.2, -0.15) is 5.26 Å². The molecule has 3 aromatic heterocycles. The second kappa shape index (κ2) is 17.8. The van der Waals surface area contributed by atoms with Crippen molar-refractivity contribution in [3.63, 3.8) is 0 Å². The molecule has 0 spiro atoms. The summed E-state index contributed by atoms with van der Waals surface area (Å²) >= 11 is 10.5. The molecular formula is C30H40ClN3O6S3. The molecule has 0 radical (unpaired) electrons. The molecule has 0 saturated heterocycles. The molecule has 0 saturated carbocycles. The molecule has 0 fully saturated rings. The van der Waals surface area contributed by atoms with Gasteiger partial charge in [0.15, 0.2) is 0 Å². The summed E-state index contributed by atoms with van der Waals surface area (Å²) in [6.45, 7) is 8.64. The smallest absolute Gasteiger partial charge is 0.407 e. The monoisotopic (exact) mass is 669 g/mol. The predicted octanol–water partition coefficient (Wildman–Crippen LogP) is 7.42. The maximum atomic E-state index is 12.4. The molecule has 236 valence electrons. The van der Waals surface area contributed by atoms with E-state index < -0.39 is 17.7 Å². The summed E-state index contributed by atoms with van der Waals surface area (Å²) in [5.41, 5.74) is -0.688. The summed E-state index contributed by atoms with van der Waals surface area (Å²) in [4.78, 5) is 27.3. The van der Waals surface area contributed by atoms with Gasteiger partial charge in [-0.1, -0.05) is 12.8 Å². The van der Waals surface area contributed by atoms with E-state index in [-0.39, 0.29) is 12.2 Å². The number of nitrogens with zero attached hydrogens (tertiary/aromatic N) is 2. The Morgan fingerprint density at radius 3 is 2.40 bits per heavy atom. The normalized spacial score (nSPS) is 12.0. The number of anilines is 1. The number of nitrogens with one attached hydrogen (secondary N) is 1. The second-order valence-electron chi connectivity index (χ2n) is 10.7. The van der Waals surface area contributed by atoms with Crippen molar-refractivity contribution in [1.82, 2.24) is 5.32 Å². The standard InChI is InChI=1S/C30H40ClN3O6S3/c1-30(2,3)40-28(35)21(20-32)17-22-18-23-26(41-22)27-24(42-23)19-25(43-27)34(4)11-14-39-29(36)33-10-13-38-16-15-37-12-8-6-5-7-9-31/h17-19H,5-16H2,1-4H3,(H,33,36)/b21-17+. The van der Waals surface area contributed by atoms with E-state index in [4.69, 9.17) is 30.5 Å². The van der Waals surface area contributed by atoms with E-state index in [0.717, 1.165) is 62.1 Å². The van der Waals surface area contributed by atoms with Crippen LogP contribution in [-0.4, -0.2) is 76.7 Å². The maximum Gasteiger partial charge on any atom is 0.407 e. The van der Waals surface area contributed by atoms with Gasteiger partial charge < -0.3 is 29.2 Å². The van der Waals surface area contributed by atoms with Crippen LogP contribution in [0.2, 0.25) is 0 Å². The molecule has 0 aliphatic carbocycles. The number of fused-ring (bicyclic) bond motifs is 3. The predicted molar refractivity (Wildman–Crippen MR) is 178 cm³/mol. The van der Waals surface area contributed by atoms with Crippen LogP contribution in [0.4, 0.5) is 9.80 Å². The minimum absolute atomic E-state index is 0.0199. The van der Waals surface area contributed by atoms with Gasteiger partial charge in [0, 0.05) is 40.4 Å². The Kier molecular flexibility index (Phi) is 14.5. The Balaban J connectivity index is 1.38. The van der Waals surface area contributed by atoms with Gasteiger partial charge in [0.25, 0.3) is 0 Å². The zero-order valence-corrected chi connectivity index (χ0v) is 28.4. The Bertz CT molecular complexity index is 1400. The van der Waals surface area contributed by atoms with E-state index in [1.807, 2.05) is 19.2 Å². The number of unbranched alkanes of at least 4 members (excludes halogenated alkanes) is 3. The van der Waals surface area contributed by atoms with Crippen LogP contribution in [0.3, 0.4) is 0 Å². The molecule has 13 heteroatoms. The summed E-state index contributed by atoms with van der Waals surface area (Å²) in [7, 11) is 1.96. The number of carbonyl (C=O) groups is 2. The number of ether oxygens (including phenoxy) is 4. The third-order valence-electron chi connectivity index (χ3n) is 5.95. The number of halogens is 1. The Labute approximate surface area is 270 Å². The second-order valence-corrected chi connectivity index (χ2v) is 14.3. The average molecular weight is 670 g/mol. The Morgan fingerprint density at radius 1 is 0.977 bits per heavy atom. The van der Waals surface area contributed by atoms with Gasteiger partial charge >= 0.3 is 12.1 Å². The largest absolute Gasteiger partial charge is 0.456 e. The number of amides is 1. The number of alkyl halides is 1. The van der Waals surface area contributed by atoms with Crippen LogP contribution in [0.5, 0.6) is 0 Å². The van der Waals surface area contributed by atoms with Crippen molar-refractivity contribution >= 4 is 87.6 Å². The number of carbonyl (C=O) groups excluding carboxylic acids is 2. The van der Waals surface area contributed by atoms with Gasteiger partial charge in [0.05, 0.1) is 40.8 Å². The van der Waals surface area contributed by atoms with Gasteiger partial charge in [-0.15, -0.1) is 45.6 Å². The number of rotatable bonds is 18. The molecule has 3 aromatic rings. The summed E-state index contributed by atoms with van der Waals surface area (Å²) in [5, 5.41) is 13.2. The minimum Gasteiger partial charge on any atom is -0.456 e. The molecule has 0 aliphatic rings. The number of nitriles is 1. The van der Waals surface area contributed by atoms with E-state index in [0.29, 0.717) is 32.9 Å². The number of alkyl carbamates (subject to hydrolysis) is 1. The van der Waals surface area contributed by atoms with Gasteiger partial charge in [0.2, 0.25) is 0 Å². The van der Waals surface area contributed by atoms with Crippen molar-refractivity contribution in [1.29, 1.82) is 5.26 Å². The molecule has 3 heterocycles. The highest BCUT2D eigenvalue weighted by molar-refractivity contribution is 7.39. The molecule has 1 N–H and O–H groups in total. The molecular weight excluding hydrogens is 630 g/mol. The number of thiophene rings is 3. The molecule has 0 aromatic carbocycles. The molecule has 1 amide bonds. The summed E-state index contributed by atoms with van der Waals surface area (Å²) in [6.07, 6.45) is 5.47. The third-order valence-corrected chi connectivity index (χ3v) is 10.1. The lowest BCUT2D eigenvalue weighted by atomic mass is 10.2. The van der Waals surface area contributed by atoms with Crippen LogP contribution in [0.1, 0.15) is 51.3 Å². The van der Waals surface area contributed by atoms with Gasteiger partial charge in [0.1, 0.15) is 23.9 Å². The van der Waals surface area contributed by atoms with Crippen LogP contribution in [0.15, 0.2) is 17.7 Å². The summed E-state index contributed by atoms with van der Waals surface area (Å²) in [5.74, 6) is 0.0949. The Hall–Kier alpha value is -2.40. The molecule has 9 nitrogen and oxygen atoms in total. The third kappa shape index (κ3) is 11.9. The van der Waals surface area contributed by atoms with Crippen molar-refractivity contribution in [2.45, 2.75) is 52.1 Å². The van der Waals surface area contributed by atoms with Crippen molar-refractivity contribution in [2.75, 3.05) is 64.0 Å². The Morgan fingerprint density at radius 2 is 1.67 bits per heavy atom. The fourth-order valence-electron chi connectivity index (χ4n) is 3.85. The molecule has 43 heavy (non-hydrogen) atoms. The fourth-order valence-corrected chi connectivity index (χ4v) is 8.00. The van der Waals surface area contributed by atoms with E-state index in [1.165, 1.54) is 4.70 Å². The highest BCUT2D eigenvalue weighted by Crippen LogP contribution is 2.46. The lowest BCUT2D eigenvalue weighted by Gasteiger charge is -2.18. The summed E-state index contributed by atoms with van der Waals surface area (Å²) < 4.78 is 26.2. The van der Waals surface area contributed by atoms with Crippen molar-refractivity contribution < 1.29 is 28.5 Å². The first kappa shape index (κ1) is 35.1. The average Bonchev–Trinajstić information content (AvgIpc) is 3.62. The van der Waals surface area contributed by atoms with Crippen molar-refractivity contribution in [3.8, 4) is 6.07 Å². The zero-order chi connectivity index (χ0) is 31.2. The van der Waals surface area contributed by atoms with Crippen LogP contribution in [-0.2, 0) is 23.7 Å². The first-order valence-electron chi connectivity index (χ1n) is 14.3. The SMILES string of the molecule is CN(CCOC(=O)NCCOCCOCCCCCCCl)c1cc2sc3cc(/C=C(\C#N)C(=O)OC(C)(C)C)sc3c2s1. The van der Waals surface area contributed by atoms with Gasteiger partial charge in [-0.05, 0) is 51.8 Å². The number of hydrogen-bond acceptors (Lipinski definition) is 11. The van der Waals surface area contributed by atoms with Crippen LogP contribution < -0.4 is 10.2 Å². The van der Waals surface area contributed by atoms with E-state index in [2.05, 4.69) is 16.3 Å². The topological polar surface area (TPSA) is 110 Å². The molecule has 0 atom stereocenters. The van der Waals surface area contributed by atoms with Crippen molar-refractivity contribution in [3.05, 3.63) is 22.6 Å². The van der Waals surface area contributed by atoms with Gasteiger partial charge in [-0.25, -0.2) is 9.59 Å². The first-order valence-corrected chi connectivity index (χ1v) is 17.2. The van der Waals surface area contributed by atoms with Gasteiger partial charge in [-0.3, -0.25) is 0 Å².